The van der Waals surface area contributed by atoms with Crippen LogP contribution in [-0.4, -0.2) is 5.11 Å². The number of hydrogen-bond donors (Lipinski definition) is 1. The summed E-state index contributed by atoms with van der Waals surface area (Å²) in [6.07, 6.45) is 5.92. The number of nitrogens with zero attached hydrogens (tertiary/aromatic N) is 1. The van der Waals surface area contributed by atoms with Crippen molar-refractivity contribution in [3.8, 4) is 6.07 Å². The lowest BCUT2D eigenvalue weighted by Crippen LogP contribution is -2.26. The minimum absolute atomic E-state index is 0.551. The van der Waals surface area contributed by atoms with Crippen LogP contribution in [0.2, 0.25) is 0 Å². The molecule has 1 heterocycles. The zero-order chi connectivity index (χ0) is 13.0. The first-order chi connectivity index (χ1) is 8.72. The van der Waals surface area contributed by atoms with E-state index in [9.17, 15) is 10.4 Å². The Hall–Kier alpha value is -1.27. The van der Waals surface area contributed by atoms with Gasteiger partial charge in [-0.1, -0.05) is 32.6 Å². The monoisotopic (exact) mass is 247 g/mol. The molecule has 18 heavy (non-hydrogen) atoms. The number of rotatable bonds is 3. The van der Waals surface area contributed by atoms with Crippen molar-refractivity contribution in [1.29, 1.82) is 5.26 Å². The first-order valence-electron chi connectivity index (χ1n) is 6.90. The quantitative estimate of drug-likeness (QED) is 0.828. The van der Waals surface area contributed by atoms with Crippen LogP contribution in [0, 0.1) is 16.7 Å². The van der Waals surface area contributed by atoms with Gasteiger partial charge in [0.1, 0.15) is 17.6 Å². The van der Waals surface area contributed by atoms with Crippen LogP contribution in [0.25, 0.3) is 0 Å². The summed E-state index contributed by atoms with van der Waals surface area (Å²) in [6, 6.07) is 6.08. The molecular weight excluding hydrogens is 226 g/mol. The molecule has 1 unspecified atom stereocenters. The minimum atomic E-state index is -0.791. The Bertz CT molecular complexity index is 422. The summed E-state index contributed by atoms with van der Waals surface area (Å²) in [5.41, 5.74) is -0.653. The lowest BCUT2D eigenvalue weighted by molar-refractivity contribution is 0.0329. The van der Waals surface area contributed by atoms with Gasteiger partial charge in [0.2, 0.25) is 0 Å². The maximum Gasteiger partial charge on any atom is 0.134 e. The van der Waals surface area contributed by atoms with Crippen LogP contribution in [0.3, 0.4) is 0 Å². The lowest BCUT2D eigenvalue weighted by Gasteiger charge is -2.29. The SMILES string of the molecule is CCc1ccc(C(O)C2(C#N)CCCCCC2)o1. The second-order valence-electron chi connectivity index (χ2n) is 5.24. The molecular formula is C15H21NO2. The van der Waals surface area contributed by atoms with Crippen molar-refractivity contribution >= 4 is 0 Å². The standard InChI is InChI=1S/C15H21NO2/c1-2-12-7-8-13(18-12)14(17)15(11-16)9-5-3-4-6-10-15/h7-8,14,17H,2-6,9-10H2,1H3. The van der Waals surface area contributed by atoms with Gasteiger partial charge in [0.15, 0.2) is 0 Å². The maximum atomic E-state index is 10.5. The summed E-state index contributed by atoms with van der Waals surface area (Å²) < 4.78 is 5.61. The van der Waals surface area contributed by atoms with E-state index >= 15 is 0 Å². The molecule has 1 aliphatic rings. The fourth-order valence-electron chi connectivity index (χ4n) is 2.81. The van der Waals surface area contributed by atoms with Gasteiger partial charge in [-0.15, -0.1) is 0 Å². The van der Waals surface area contributed by atoms with Crippen molar-refractivity contribution in [1.82, 2.24) is 0 Å². The van der Waals surface area contributed by atoms with E-state index in [2.05, 4.69) is 6.07 Å². The molecule has 1 aliphatic carbocycles. The second kappa shape index (κ2) is 5.58. The number of furan rings is 1. The zero-order valence-corrected chi connectivity index (χ0v) is 11.0. The average Bonchev–Trinajstić information content (AvgIpc) is 2.75. The second-order valence-corrected chi connectivity index (χ2v) is 5.24. The fourth-order valence-corrected chi connectivity index (χ4v) is 2.81. The molecule has 98 valence electrons. The Kier molecular flexibility index (Phi) is 4.08. The molecule has 1 aromatic heterocycles. The highest BCUT2D eigenvalue weighted by Crippen LogP contribution is 2.44. The molecule has 1 atom stereocenters. The molecule has 0 bridgehead atoms. The predicted octanol–water partition coefficient (Wildman–Crippen LogP) is 3.74. The maximum absolute atomic E-state index is 10.5. The van der Waals surface area contributed by atoms with Crippen molar-refractivity contribution < 1.29 is 9.52 Å². The fraction of sp³-hybridized carbons (Fsp3) is 0.667. The molecule has 1 N–H and O–H groups in total. The summed E-state index contributed by atoms with van der Waals surface area (Å²) in [5, 5.41) is 20.0. The van der Waals surface area contributed by atoms with Gasteiger partial charge in [0.05, 0.1) is 11.5 Å². The molecule has 3 heteroatoms. The highest BCUT2D eigenvalue weighted by Gasteiger charge is 2.40. The molecule has 1 saturated carbocycles. The molecule has 0 saturated heterocycles. The molecule has 0 radical (unpaired) electrons. The smallest absolute Gasteiger partial charge is 0.134 e. The first kappa shape index (κ1) is 13.2. The van der Waals surface area contributed by atoms with Crippen LogP contribution in [0.5, 0.6) is 0 Å². The van der Waals surface area contributed by atoms with Crippen LogP contribution < -0.4 is 0 Å². The number of aryl methyl sites for hydroxylation is 1. The summed E-state index contributed by atoms with van der Waals surface area (Å²) in [4.78, 5) is 0. The third kappa shape index (κ3) is 2.44. The summed E-state index contributed by atoms with van der Waals surface area (Å²) in [7, 11) is 0. The molecule has 0 amide bonds. The Balaban J connectivity index is 2.23. The van der Waals surface area contributed by atoms with Crippen LogP contribution in [-0.2, 0) is 6.42 Å². The summed E-state index contributed by atoms with van der Waals surface area (Å²) >= 11 is 0. The van der Waals surface area contributed by atoms with Crippen molar-refractivity contribution in [2.24, 2.45) is 5.41 Å². The zero-order valence-electron chi connectivity index (χ0n) is 11.0. The molecule has 2 rings (SSSR count). The van der Waals surface area contributed by atoms with Gasteiger partial charge in [-0.2, -0.15) is 5.26 Å². The van der Waals surface area contributed by atoms with Crippen molar-refractivity contribution in [3.63, 3.8) is 0 Å². The van der Waals surface area contributed by atoms with E-state index in [-0.39, 0.29) is 0 Å². The Labute approximate surface area is 108 Å². The summed E-state index contributed by atoms with van der Waals surface area (Å²) in [6.45, 7) is 2.01. The highest BCUT2D eigenvalue weighted by molar-refractivity contribution is 5.16. The van der Waals surface area contributed by atoms with Crippen LogP contribution in [0.15, 0.2) is 16.5 Å². The third-order valence-electron chi connectivity index (χ3n) is 4.04. The van der Waals surface area contributed by atoms with E-state index in [0.717, 1.165) is 50.7 Å². The Morgan fingerprint density at radius 1 is 1.33 bits per heavy atom. The van der Waals surface area contributed by atoms with E-state index in [0.29, 0.717) is 5.76 Å². The van der Waals surface area contributed by atoms with Crippen LogP contribution in [0.4, 0.5) is 0 Å². The topological polar surface area (TPSA) is 57.2 Å². The van der Waals surface area contributed by atoms with Crippen molar-refractivity contribution in [2.75, 3.05) is 0 Å². The Morgan fingerprint density at radius 2 is 2.00 bits per heavy atom. The number of nitriles is 1. The molecule has 1 aromatic rings. The molecule has 1 fully saturated rings. The van der Waals surface area contributed by atoms with Crippen molar-refractivity contribution in [3.05, 3.63) is 23.7 Å². The summed E-state index contributed by atoms with van der Waals surface area (Å²) in [5.74, 6) is 1.42. The van der Waals surface area contributed by atoms with E-state index in [1.54, 1.807) is 0 Å². The lowest BCUT2D eigenvalue weighted by atomic mass is 9.76. The number of aliphatic hydroxyl groups is 1. The minimum Gasteiger partial charge on any atom is -0.463 e. The number of hydrogen-bond acceptors (Lipinski definition) is 3. The van der Waals surface area contributed by atoms with Gasteiger partial charge in [-0.25, -0.2) is 0 Å². The molecule has 0 aliphatic heterocycles. The highest BCUT2D eigenvalue weighted by atomic mass is 16.4. The van der Waals surface area contributed by atoms with E-state index in [1.807, 2.05) is 19.1 Å². The first-order valence-corrected chi connectivity index (χ1v) is 6.90. The van der Waals surface area contributed by atoms with Gasteiger partial charge in [0, 0.05) is 6.42 Å². The largest absolute Gasteiger partial charge is 0.463 e. The molecule has 0 aromatic carbocycles. The van der Waals surface area contributed by atoms with Gasteiger partial charge in [0.25, 0.3) is 0 Å². The van der Waals surface area contributed by atoms with E-state index in [4.69, 9.17) is 4.42 Å². The Morgan fingerprint density at radius 3 is 2.50 bits per heavy atom. The van der Waals surface area contributed by atoms with Gasteiger partial charge < -0.3 is 9.52 Å². The predicted molar refractivity (Wildman–Crippen MR) is 68.8 cm³/mol. The van der Waals surface area contributed by atoms with Gasteiger partial charge >= 0.3 is 0 Å². The van der Waals surface area contributed by atoms with Crippen LogP contribution >= 0.6 is 0 Å². The van der Waals surface area contributed by atoms with E-state index in [1.165, 1.54) is 0 Å². The third-order valence-corrected chi connectivity index (χ3v) is 4.04. The van der Waals surface area contributed by atoms with Gasteiger partial charge in [-0.3, -0.25) is 0 Å². The van der Waals surface area contributed by atoms with E-state index < -0.39 is 11.5 Å². The van der Waals surface area contributed by atoms with Gasteiger partial charge in [-0.05, 0) is 25.0 Å². The van der Waals surface area contributed by atoms with Crippen LogP contribution in [0.1, 0.15) is 63.1 Å². The normalized spacial score (nSPS) is 20.9. The molecule has 3 nitrogen and oxygen atoms in total. The molecule has 0 spiro atoms. The van der Waals surface area contributed by atoms with Crippen molar-refractivity contribution in [2.45, 2.75) is 58.0 Å². The number of aliphatic hydroxyl groups excluding tert-OH is 1. The average molecular weight is 247 g/mol.